The Morgan fingerprint density at radius 1 is 1.44 bits per heavy atom. The van der Waals surface area contributed by atoms with Crippen LogP contribution in [0.4, 0.5) is 18.9 Å². The molecule has 8 heteroatoms. The maximum absolute atomic E-state index is 12.1. The third-order valence-electron chi connectivity index (χ3n) is 1.67. The number of nitro groups is 1. The van der Waals surface area contributed by atoms with Gasteiger partial charge in [0.1, 0.15) is 0 Å². The quantitative estimate of drug-likeness (QED) is 0.465. The Balaban J connectivity index is 3.16. The van der Waals surface area contributed by atoms with Gasteiger partial charge in [0.25, 0.3) is 5.69 Å². The van der Waals surface area contributed by atoms with E-state index >= 15 is 0 Å². The average molecular weight is 316 g/mol. The lowest BCUT2D eigenvalue weighted by atomic mass is 10.2. The minimum Gasteiger partial charge on any atom is -0.258 e. The standard InChI is InChI=1S/C8H5BrF3NO2S/c1-4-2-6(13(14)15)5(9)3-7(4)16-8(10,11)12/h2-3H,1H3. The molecule has 0 N–H and O–H groups in total. The zero-order valence-corrected chi connectivity index (χ0v) is 10.2. The van der Waals surface area contributed by atoms with Gasteiger partial charge in [-0.1, -0.05) is 0 Å². The number of hydrogen-bond donors (Lipinski definition) is 0. The molecule has 1 aromatic carbocycles. The lowest BCUT2D eigenvalue weighted by Gasteiger charge is -2.08. The van der Waals surface area contributed by atoms with Crippen LogP contribution < -0.4 is 0 Å². The number of hydrogen-bond acceptors (Lipinski definition) is 3. The molecule has 1 aromatic rings. The third-order valence-corrected chi connectivity index (χ3v) is 3.19. The molecular weight excluding hydrogens is 311 g/mol. The van der Waals surface area contributed by atoms with Gasteiger partial charge in [-0.25, -0.2) is 0 Å². The molecule has 0 spiro atoms. The molecule has 0 heterocycles. The molecular formula is C8H5BrF3NO2S. The molecule has 3 nitrogen and oxygen atoms in total. The van der Waals surface area contributed by atoms with E-state index in [1.807, 2.05) is 0 Å². The van der Waals surface area contributed by atoms with E-state index in [2.05, 4.69) is 15.9 Å². The van der Waals surface area contributed by atoms with E-state index in [0.717, 1.165) is 12.1 Å². The van der Waals surface area contributed by atoms with Crippen molar-refractivity contribution in [2.45, 2.75) is 17.3 Å². The monoisotopic (exact) mass is 315 g/mol. The Hall–Kier alpha value is -0.760. The van der Waals surface area contributed by atoms with Gasteiger partial charge < -0.3 is 0 Å². The van der Waals surface area contributed by atoms with Crippen LogP contribution in [0.1, 0.15) is 5.56 Å². The van der Waals surface area contributed by atoms with Gasteiger partial charge in [-0.2, -0.15) is 13.2 Å². The second-order valence-corrected chi connectivity index (χ2v) is 4.84. The SMILES string of the molecule is Cc1cc([N+](=O)[O-])c(Br)cc1SC(F)(F)F. The number of alkyl halides is 3. The molecule has 0 aliphatic rings. The highest BCUT2D eigenvalue weighted by Gasteiger charge is 2.31. The summed E-state index contributed by atoms with van der Waals surface area (Å²) in [5.74, 6) is 0. The number of rotatable bonds is 2. The highest BCUT2D eigenvalue weighted by molar-refractivity contribution is 9.10. The van der Waals surface area contributed by atoms with Crippen molar-refractivity contribution in [3.05, 3.63) is 32.3 Å². The minimum atomic E-state index is -4.40. The summed E-state index contributed by atoms with van der Waals surface area (Å²) in [6.07, 6.45) is 0. The van der Waals surface area contributed by atoms with Crippen molar-refractivity contribution in [2.24, 2.45) is 0 Å². The molecule has 1 rings (SSSR count). The van der Waals surface area contributed by atoms with Gasteiger partial charge in [0, 0.05) is 11.0 Å². The van der Waals surface area contributed by atoms with Crippen molar-refractivity contribution >= 4 is 33.4 Å². The van der Waals surface area contributed by atoms with Gasteiger partial charge >= 0.3 is 5.51 Å². The highest BCUT2D eigenvalue weighted by atomic mass is 79.9. The van der Waals surface area contributed by atoms with Crippen molar-refractivity contribution in [2.75, 3.05) is 0 Å². The summed E-state index contributed by atoms with van der Waals surface area (Å²) in [6.45, 7) is 1.40. The molecule has 0 unspecified atom stereocenters. The lowest BCUT2D eigenvalue weighted by molar-refractivity contribution is -0.385. The van der Waals surface area contributed by atoms with Crippen molar-refractivity contribution in [1.29, 1.82) is 0 Å². The fourth-order valence-corrected chi connectivity index (χ4v) is 2.31. The third kappa shape index (κ3) is 3.38. The zero-order chi connectivity index (χ0) is 12.5. The molecule has 0 fully saturated rings. The van der Waals surface area contributed by atoms with Crippen molar-refractivity contribution in [3.8, 4) is 0 Å². The van der Waals surface area contributed by atoms with Gasteiger partial charge in [0.2, 0.25) is 0 Å². The Labute approximate surface area is 101 Å². The molecule has 0 aliphatic heterocycles. The number of nitrogens with zero attached hydrogens (tertiary/aromatic N) is 1. The summed E-state index contributed by atoms with van der Waals surface area (Å²) in [5.41, 5.74) is -4.43. The molecule has 16 heavy (non-hydrogen) atoms. The predicted octanol–water partition coefficient (Wildman–Crippen LogP) is 4.28. The molecule has 0 atom stereocenters. The Morgan fingerprint density at radius 2 is 2.00 bits per heavy atom. The largest absolute Gasteiger partial charge is 0.446 e. The van der Waals surface area contributed by atoms with Crippen LogP contribution in [0.2, 0.25) is 0 Å². The summed E-state index contributed by atoms with van der Waals surface area (Å²) in [4.78, 5) is 9.81. The smallest absolute Gasteiger partial charge is 0.258 e. The summed E-state index contributed by atoms with van der Waals surface area (Å²) in [7, 11) is 0. The zero-order valence-electron chi connectivity index (χ0n) is 7.84. The first-order chi connectivity index (χ1) is 7.20. The second-order valence-electron chi connectivity index (χ2n) is 2.87. The number of nitro benzene ring substituents is 1. The molecule has 0 saturated carbocycles. The summed E-state index contributed by atoms with van der Waals surface area (Å²) in [5, 5.41) is 10.5. The fourth-order valence-electron chi connectivity index (χ4n) is 1.02. The van der Waals surface area contributed by atoms with Crippen molar-refractivity contribution in [3.63, 3.8) is 0 Å². The van der Waals surface area contributed by atoms with E-state index in [1.165, 1.54) is 6.92 Å². The van der Waals surface area contributed by atoms with E-state index < -0.39 is 10.4 Å². The first-order valence-electron chi connectivity index (χ1n) is 3.91. The maximum Gasteiger partial charge on any atom is 0.446 e. The first-order valence-corrected chi connectivity index (χ1v) is 5.52. The van der Waals surface area contributed by atoms with E-state index in [4.69, 9.17) is 0 Å². The average Bonchev–Trinajstić information content (AvgIpc) is 2.07. The van der Waals surface area contributed by atoms with Crippen LogP contribution in [0.25, 0.3) is 0 Å². The Kier molecular flexibility index (Phi) is 3.84. The van der Waals surface area contributed by atoms with Gasteiger partial charge in [-0.3, -0.25) is 10.1 Å². The van der Waals surface area contributed by atoms with Crippen LogP contribution in [0.3, 0.4) is 0 Å². The summed E-state index contributed by atoms with van der Waals surface area (Å²) in [6, 6.07) is 2.21. The van der Waals surface area contributed by atoms with Crippen LogP contribution in [0.15, 0.2) is 21.5 Å². The lowest BCUT2D eigenvalue weighted by Crippen LogP contribution is -2.01. The molecule has 0 bridgehead atoms. The Bertz CT molecular complexity index is 436. The number of benzene rings is 1. The molecule has 0 aromatic heterocycles. The highest BCUT2D eigenvalue weighted by Crippen LogP contribution is 2.41. The normalized spacial score (nSPS) is 11.6. The van der Waals surface area contributed by atoms with E-state index in [9.17, 15) is 23.3 Å². The van der Waals surface area contributed by atoms with Crippen molar-refractivity contribution in [1.82, 2.24) is 0 Å². The fraction of sp³-hybridized carbons (Fsp3) is 0.250. The topological polar surface area (TPSA) is 43.1 Å². The number of thioether (sulfide) groups is 1. The van der Waals surface area contributed by atoms with Gasteiger partial charge in [-0.05, 0) is 46.2 Å². The van der Waals surface area contributed by atoms with Crippen molar-refractivity contribution < 1.29 is 18.1 Å². The first kappa shape index (κ1) is 13.3. The van der Waals surface area contributed by atoms with Crippen LogP contribution in [0, 0.1) is 17.0 Å². The number of aryl methyl sites for hydroxylation is 1. The molecule has 0 aliphatic carbocycles. The molecule has 0 saturated heterocycles. The summed E-state index contributed by atoms with van der Waals surface area (Å²) < 4.78 is 36.4. The van der Waals surface area contributed by atoms with Gasteiger partial charge in [0.15, 0.2) is 0 Å². The predicted molar refractivity (Wildman–Crippen MR) is 57.4 cm³/mol. The van der Waals surface area contributed by atoms with E-state index in [-0.39, 0.29) is 32.4 Å². The van der Waals surface area contributed by atoms with Gasteiger partial charge in [-0.15, -0.1) is 0 Å². The van der Waals surface area contributed by atoms with Crippen LogP contribution in [0.5, 0.6) is 0 Å². The molecule has 0 amide bonds. The van der Waals surface area contributed by atoms with Crippen LogP contribution >= 0.6 is 27.7 Å². The second kappa shape index (κ2) is 4.62. The molecule has 88 valence electrons. The van der Waals surface area contributed by atoms with E-state index in [0.29, 0.717) is 0 Å². The number of halogens is 4. The molecule has 0 radical (unpaired) electrons. The van der Waals surface area contributed by atoms with Gasteiger partial charge in [0.05, 0.1) is 9.40 Å². The Morgan fingerprint density at radius 3 is 2.44 bits per heavy atom. The minimum absolute atomic E-state index is 0.0369. The maximum atomic E-state index is 12.1. The van der Waals surface area contributed by atoms with Crippen LogP contribution in [-0.4, -0.2) is 10.4 Å². The van der Waals surface area contributed by atoms with E-state index in [1.54, 1.807) is 0 Å². The summed E-state index contributed by atoms with van der Waals surface area (Å²) >= 11 is 2.58. The van der Waals surface area contributed by atoms with Crippen LogP contribution in [-0.2, 0) is 0 Å².